The number of halogens is 2. The van der Waals surface area contributed by atoms with Crippen LogP contribution in [-0.2, 0) is 0 Å². The van der Waals surface area contributed by atoms with Crippen LogP contribution in [0, 0.1) is 11.2 Å². The number of rotatable bonds is 1. The molecule has 3 rings (SSSR count). The number of allylic oxidation sites excluding steroid dienone is 1. The zero-order chi connectivity index (χ0) is 14.3. The Morgan fingerprint density at radius 1 is 1.35 bits per heavy atom. The molecule has 1 aromatic rings. The lowest BCUT2D eigenvalue weighted by atomic mass is 9.74. The molecule has 4 heteroatoms. The molecule has 1 atom stereocenters. The third-order valence-corrected chi connectivity index (χ3v) is 4.16. The Morgan fingerprint density at radius 3 is 2.90 bits per heavy atom. The molecule has 1 aliphatic carbocycles. The highest BCUT2D eigenvalue weighted by molar-refractivity contribution is 6.31. The number of hydrogen-bond acceptors (Lipinski definition) is 2. The zero-order valence-electron chi connectivity index (χ0n) is 11.5. The molecular weight excluding hydrogens is 275 g/mol. The summed E-state index contributed by atoms with van der Waals surface area (Å²) in [6.45, 7) is 4.46. The fourth-order valence-electron chi connectivity index (χ4n) is 2.74. The molecular formula is C16H16ClFN2. The molecule has 1 heterocycles. The van der Waals surface area contributed by atoms with Crippen molar-refractivity contribution in [3.8, 4) is 0 Å². The van der Waals surface area contributed by atoms with Crippen molar-refractivity contribution in [3.63, 3.8) is 0 Å². The van der Waals surface area contributed by atoms with E-state index < -0.39 is 0 Å². The summed E-state index contributed by atoms with van der Waals surface area (Å²) in [6.07, 6.45) is 5.72. The van der Waals surface area contributed by atoms with E-state index in [1.807, 2.05) is 0 Å². The van der Waals surface area contributed by atoms with Crippen LogP contribution in [0.25, 0.3) is 0 Å². The normalized spacial score (nSPS) is 23.9. The van der Waals surface area contributed by atoms with Crippen LogP contribution in [0.3, 0.4) is 0 Å². The number of nitrogens with zero attached hydrogens (tertiary/aromatic N) is 2. The molecule has 2 aliphatic rings. The third kappa shape index (κ3) is 2.42. The van der Waals surface area contributed by atoms with Gasteiger partial charge in [-0.25, -0.2) is 9.38 Å². The van der Waals surface area contributed by atoms with Gasteiger partial charge in [0.25, 0.3) is 0 Å². The van der Waals surface area contributed by atoms with Gasteiger partial charge in [0.05, 0.1) is 0 Å². The Hall–Kier alpha value is -1.48. The highest BCUT2D eigenvalue weighted by Crippen LogP contribution is 2.41. The van der Waals surface area contributed by atoms with E-state index in [2.05, 4.69) is 29.9 Å². The van der Waals surface area contributed by atoms with Gasteiger partial charge in [-0.1, -0.05) is 37.6 Å². The topological polar surface area (TPSA) is 24.7 Å². The molecule has 0 saturated heterocycles. The molecule has 2 nitrogen and oxygen atoms in total. The van der Waals surface area contributed by atoms with Gasteiger partial charge < -0.3 is 0 Å². The minimum atomic E-state index is -0.328. The van der Waals surface area contributed by atoms with Crippen LogP contribution in [0.4, 0.5) is 4.39 Å². The molecule has 0 fully saturated rings. The largest absolute Gasteiger partial charge is 0.260 e. The molecule has 0 saturated carbocycles. The lowest BCUT2D eigenvalue weighted by Crippen LogP contribution is -2.27. The van der Waals surface area contributed by atoms with Crippen molar-refractivity contribution in [1.82, 2.24) is 0 Å². The van der Waals surface area contributed by atoms with Gasteiger partial charge in [-0.2, -0.15) is 0 Å². The monoisotopic (exact) mass is 290 g/mol. The summed E-state index contributed by atoms with van der Waals surface area (Å²) in [5.41, 5.74) is 3.25. The SMILES string of the molecule is CC1(C)CC=C2C(=NC=NC2c2ccc(F)cc2Cl)C1. The maximum Gasteiger partial charge on any atom is 0.124 e. The van der Waals surface area contributed by atoms with Crippen LogP contribution in [0.1, 0.15) is 38.3 Å². The number of benzene rings is 1. The van der Waals surface area contributed by atoms with Crippen molar-refractivity contribution in [2.24, 2.45) is 15.4 Å². The van der Waals surface area contributed by atoms with E-state index in [1.165, 1.54) is 12.1 Å². The Bertz CT molecular complexity index is 644. The number of fused-ring (bicyclic) bond motifs is 1. The first-order valence-electron chi connectivity index (χ1n) is 6.70. The standard InChI is InChI=1S/C16H16ClFN2/c1-16(2)6-5-12-14(8-16)19-9-20-15(12)11-4-3-10(18)7-13(11)17/h3-5,7,9,15H,6,8H2,1-2H3. The molecule has 0 N–H and O–H groups in total. The summed E-state index contributed by atoms with van der Waals surface area (Å²) in [7, 11) is 0. The van der Waals surface area contributed by atoms with Crippen molar-refractivity contribution < 1.29 is 4.39 Å². The quantitative estimate of drug-likeness (QED) is 0.713. The Kier molecular flexibility index (Phi) is 3.25. The fraction of sp³-hybridized carbons (Fsp3) is 0.375. The first-order valence-corrected chi connectivity index (χ1v) is 7.08. The van der Waals surface area contributed by atoms with E-state index in [9.17, 15) is 4.39 Å². The van der Waals surface area contributed by atoms with Gasteiger partial charge in [0.15, 0.2) is 0 Å². The molecule has 20 heavy (non-hydrogen) atoms. The van der Waals surface area contributed by atoms with Gasteiger partial charge >= 0.3 is 0 Å². The van der Waals surface area contributed by atoms with Gasteiger partial charge in [-0.15, -0.1) is 0 Å². The van der Waals surface area contributed by atoms with Crippen LogP contribution in [0.15, 0.2) is 39.8 Å². The lowest BCUT2D eigenvalue weighted by Gasteiger charge is -2.33. The van der Waals surface area contributed by atoms with Gasteiger partial charge in [0, 0.05) is 10.7 Å². The molecule has 1 unspecified atom stereocenters. The Balaban J connectivity index is 2.02. The van der Waals surface area contributed by atoms with Crippen LogP contribution >= 0.6 is 11.6 Å². The van der Waals surface area contributed by atoms with Gasteiger partial charge in [-0.3, -0.25) is 4.99 Å². The van der Waals surface area contributed by atoms with E-state index in [0.717, 1.165) is 29.7 Å². The summed E-state index contributed by atoms with van der Waals surface area (Å²) >= 11 is 6.17. The van der Waals surface area contributed by atoms with E-state index in [0.29, 0.717) is 5.02 Å². The van der Waals surface area contributed by atoms with Crippen LogP contribution < -0.4 is 0 Å². The molecule has 0 aromatic heterocycles. The summed E-state index contributed by atoms with van der Waals surface area (Å²) < 4.78 is 13.2. The summed E-state index contributed by atoms with van der Waals surface area (Å²) in [6, 6.07) is 4.32. The molecule has 1 aromatic carbocycles. The summed E-state index contributed by atoms with van der Waals surface area (Å²) in [5.74, 6) is -0.328. The van der Waals surface area contributed by atoms with Crippen molar-refractivity contribution in [2.45, 2.75) is 32.7 Å². The van der Waals surface area contributed by atoms with Crippen molar-refractivity contribution in [3.05, 3.63) is 46.3 Å². The summed E-state index contributed by atoms with van der Waals surface area (Å²) in [5, 5.41) is 0.416. The first kappa shape index (κ1) is 13.5. The molecule has 0 spiro atoms. The molecule has 104 valence electrons. The maximum atomic E-state index is 13.2. The molecule has 1 aliphatic heterocycles. The predicted molar refractivity (Wildman–Crippen MR) is 81.2 cm³/mol. The molecule has 0 amide bonds. The Labute approximate surface area is 123 Å². The highest BCUT2D eigenvalue weighted by atomic mass is 35.5. The maximum absolute atomic E-state index is 13.2. The van der Waals surface area contributed by atoms with Crippen LogP contribution in [-0.4, -0.2) is 12.1 Å². The van der Waals surface area contributed by atoms with E-state index in [1.54, 1.807) is 12.4 Å². The fourth-order valence-corrected chi connectivity index (χ4v) is 3.01. The van der Waals surface area contributed by atoms with E-state index >= 15 is 0 Å². The summed E-state index contributed by atoms with van der Waals surface area (Å²) in [4.78, 5) is 8.84. The molecule has 0 radical (unpaired) electrons. The van der Waals surface area contributed by atoms with Crippen LogP contribution in [0.2, 0.25) is 5.02 Å². The average molecular weight is 291 g/mol. The second-order valence-corrected chi connectivity index (χ2v) is 6.52. The van der Waals surface area contributed by atoms with Crippen LogP contribution in [0.5, 0.6) is 0 Å². The highest BCUT2D eigenvalue weighted by Gasteiger charge is 2.32. The van der Waals surface area contributed by atoms with E-state index in [4.69, 9.17) is 11.6 Å². The second-order valence-electron chi connectivity index (χ2n) is 6.11. The van der Waals surface area contributed by atoms with Gasteiger partial charge in [-0.05, 0) is 41.5 Å². The lowest BCUT2D eigenvalue weighted by molar-refractivity contribution is 0.380. The zero-order valence-corrected chi connectivity index (χ0v) is 12.3. The predicted octanol–water partition coefficient (Wildman–Crippen LogP) is 4.75. The Morgan fingerprint density at radius 2 is 2.15 bits per heavy atom. The van der Waals surface area contributed by atoms with Crippen molar-refractivity contribution in [1.29, 1.82) is 0 Å². The average Bonchev–Trinajstić information content (AvgIpc) is 2.37. The third-order valence-electron chi connectivity index (χ3n) is 3.83. The second kappa shape index (κ2) is 4.81. The number of hydrogen-bond donors (Lipinski definition) is 0. The number of aliphatic imine (C=N–C) groups is 2. The van der Waals surface area contributed by atoms with Gasteiger partial charge in [0.2, 0.25) is 0 Å². The van der Waals surface area contributed by atoms with Crippen molar-refractivity contribution in [2.75, 3.05) is 0 Å². The van der Waals surface area contributed by atoms with E-state index in [-0.39, 0.29) is 17.3 Å². The first-order chi connectivity index (χ1) is 9.46. The minimum absolute atomic E-state index is 0.160. The molecule has 0 bridgehead atoms. The minimum Gasteiger partial charge on any atom is -0.260 e. The van der Waals surface area contributed by atoms with Gasteiger partial charge in [0.1, 0.15) is 18.2 Å². The smallest absolute Gasteiger partial charge is 0.124 e. The van der Waals surface area contributed by atoms with Crippen molar-refractivity contribution >= 4 is 23.7 Å².